The molecule has 0 unspecified atom stereocenters. The third-order valence-corrected chi connectivity index (χ3v) is 6.73. The van der Waals surface area contributed by atoms with Crippen molar-refractivity contribution in [3.8, 4) is 5.82 Å². The molecule has 4 heterocycles. The van der Waals surface area contributed by atoms with Crippen LogP contribution in [0.1, 0.15) is 18.4 Å². The predicted molar refractivity (Wildman–Crippen MR) is 133 cm³/mol. The summed E-state index contributed by atoms with van der Waals surface area (Å²) < 4.78 is 1.87. The van der Waals surface area contributed by atoms with E-state index in [1.807, 2.05) is 22.9 Å². The molecule has 2 fully saturated rings. The number of hydrogen-bond acceptors (Lipinski definition) is 6. The lowest BCUT2D eigenvalue weighted by Gasteiger charge is -2.38. The lowest BCUT2D eigenvalue weighted by Crippen LogP contribution is -2.51. The van der Waals surface area contributed by atoms with Gasteiger partial charge >= 0.3 is 0 Å². The number of amides is 1. The molecule has 1 aromatic carbocycles. The Morgan fingerprint density at radius 1 is 0.971 bits per heavy atom. The quantitative estimate of drug-likeness (QED) is 0.567. The Morgan fingerprint density at radius 2 is 1.74 bits per heavy atom. The van der Waals surface area contributed by atoms with Gasteiger partial charge in [-0.05, 0) is 18.4 Å². The molecule has 176 valence electrons. The Bertz CT molecular complexity index is 1080. The van der Waals surface area contributed by atoms with Gasteiger partial charge in [-0.1, -0.05) is 42.5 Å². The molecule has 0 spiro atoms. The molecule has 2 aliphatic heterocycles. The zero-order valence-corrected chi connectivity index (χ0v) is 19.4. The van der Waals surface area contributed by atoms with Gasteiger partial charge in [-0.3, -0.25) is 14.3 Å². The molecular weight excluding hydrogens is 426 g/mol. The third kappa shape index (κ3) is 5.34. The smallest absolute Gasteiger partial charge is 0.225 e. The van der Waals surface area contributed by atoms with Crippen molar-refractivity contribution in [2.75, 3.05) is 50.7 Å². The molecular formula is C26H31N7O. The van der Waals surface area contributed by atoms with Gasteiger partial charge in [0.2, 0.25) is 5.91 Å². The second kappa shape index (κ2) is 10.6. The number of rotatable bonds is 6. The molecule has 5 rings (SSSR count). The molecule has 0 saturated carbocycles. The van der Waals surface area contributed by atoms with E-state index in [2.05, 4.69) is 66.1 Å². The minimum atomic E-state index is 0.107. The van der Waals surface area contributed by atoms with Crippen LogP contribution in [0.4, 0.5) is 5.82 Å². The number of imidazole rings is 1. The van der Waals surface area contributed by atoms with Crippen LogP contribution in [0.5, 0.6) is 0 Å². The molecule has 1 amide bonds. The van der Waals surface area contributed by atoms with Gasteiger partial charge in [-0.25, -0.2) is 15.0 Å². The fourth-order valence-electron chi connectivity index (χ4n) is 4.71. The van der Waals surface area contributed by atoms with Gasteiger partial charge in [0.25, 0.3) is 0 Å². The maximum Gasteiger partial charge on any atom is 0.225 e. The Kier molecular flexibility index (Phi) is 6.95. The summed E-state index contributed by atoms with van der Waals surface area (Å²) in [4.78, 5) is 32.8. The van der Waals surface area contributed by atoms with E-state index in [0.717, 1.165) is 70.3 Å². The zero-order chi connectivity index (χ0) is 23.2. The minimum Gasteiger partial charge on any atom is -0.356 e. The molecule has 8 nitrogen and oxygen atoms in total. The van der Waals surface area contributed by atoms with Crippen LogP contribution in [0.25, 0.3) is 11.9 Å². The summed E-state index contributed by atoms with van der Waals surface area (Å²) in [5.74, 6) is 2.13. The number of carbonyl (C=O) groups is 1. The first-order valence-electron chi connectivity index (χ1n) is 12.0. The molecule has 34 heavy (non-hydrogen) atoms. The molecule has 3 aromatic rings. The van der Waals surface area contributed by atoms with Crippen LogP contribution >= 0.6 is 0 Å². The van der Waals surface area contributed by atoms with Crippen LogP contribution < -0.4 is 4.90 Å². The third-order valence-electron chi connectivity index (χ3n) is 6.73. The second-order valence-electron chi connectivity index (χ2n) is 8.90. The van der Waals surface area contributed by atoms with E-state index in [-0.39, 0.29) is 5.92 Å². The fraction of sp³-hybridized carbons (Fsp3) is 0.385. The number of anilines is 1. The van der Waals surface area contributed by atoms with Crippen LogP contribution in [-0.4, -0.2) is 81.0 Å². The molecule has 0 aliphatic carbocycles. The van der Waals surface area contributed by atoms with E-state index < -0.39 is 0 Å². The molecule has 2 saturated heterocycles. The molecule has 8 heteroatoms. The Hall–Kier alpha value is -3.52. The van der Waals surface area contributed by atoms with Crippen molar-refractivity contribution in [3.63, 3.8) is 0 Å². The van der Waals surface area contributed by atoms with Gasteiger partial charge in [0.15, 0.2) is 0 Å². The summed E-state index contributed by atoms with van der Waals surface area (Å²) in [6.45, 7) is 6.09. The first-order chi connectivity index (χ1) is 16.8. The van der Waals surface area contributed by atoms with E-state index in [9.17, 15) is 4.79 Å². The molecule has 0 radical (unpaired) electrons. The van der Waals surface area contributed by atoms with Gasteiger partial charge in [-0.2, -0.15) is 0 Å². The van der Waals surface area contributed by atoms with Crippen LogP contribution in [0.15, 0.2) is 67.5 Å². The summed E-state index contributed by atoms with van der Waals surface area (Å²) in [5, 5.41) is 0. The first kappa shape index (κ1) is 22.3. The lowest BCUT2D eigenvalue weighted by molar-refractivity contribution is -0.137. The fourth-order valence-corrected chi connectivity index (χ4v) is 4.71. The second-order valence-corrected chi connectivity index (χ2v) is 8.90. The Morgan fingerprint density at radius 3 is 2.47 bits per heavy atom. The van der Waals surface area contributed by atoms with Crippen LogP contribution in [-0.2, 0) is 4.79 Å². The highest BCUT2D eigenvalue weighted by molar-refractivity contribution is 5.79. The largest absolute Gasteiger partial charge is 0.356 e. The van der Waals surface area contributed by atoms with Gasteiger partial charge in [0, 0.05) is 70.2 Å². The van der Waals surface area contributed by atoms with E-state index in [0.29, 0.717) is 5.91 Å². The summed E-state index contributed by atoms with van der Waals surface area (Å²) in [5.41, 5.74) is 1.22. The standard InChI is InChI=1S/C26H31N7O/c34-26(32-17-15-30(16-18-32)11-4-7-22-5-2-1-3-6-22)23-8-12-31(13-9-23)24-19-25(29-20-28-24)33-14-10-27-21-33/h1-7,10,14,19-21,23H,8-9,11-13,15-18H2/b7-4+. The van der Waals surface area contributed by atoms with Crippen molar-refractivity contribution < 1.29 is 4.79 Å². The van der Waals surface area contributed by atoms with E-state index >= 15 is 0 Å². The van der Waals surface area contributed by atoms with E-state index in [4.69, 9.17) is 0 Å². The zero-order valence-electron chi connectivity index (χ0n) is 19.4. The number of piperidine rings is 1. The van der Waals surface area contributed by atoms with Crippen LogP contribution in [0, 0.1) is 5.92 Å². The topological polar surface area (TPSA) is 70.4 Å². The summed E-state index contributed by atoms with van der Waals surface area (Å²) in [7, 11) is 0. The first-order valence-corrected chi connectivity index (χ1v) is 12.0. The summed E-state index contributed by atoms with van der Waals surface area (Å²) >= 11 is 0. The molecule has 0 N–H and O–H groups in total. The van der Waals surface area contributed by atoms with Crippen LogP contribution in [0.2, 0.25) is 0 Å². The SMILES string of the molecule is O=C(C1CCN(c2cc(-n3ccnc3)ncn2)CC1)N1CCN(C/C=C/c2ccccc2)CC1. The maximum absolute atomic E-state index is 13.2. The number of aromatic nitrogens is 4. The van der Waals surface area contributed by atoms with E-state index in [1.54, 1.807) is 18.9 Å². The van der Waals surface area contributed by atoms with Crippen molar-refractivity contribution in [2.45, 2.75) is 12.8 Å². The average Bonchev–Trinajstić information content (AvgIpc) is 3.45. The number of carbonyl (C=O) groups excluding carboxylic acids is 1. The number of nitrogens with zero attached hydrogens (tertiary/aromatic N) is 7. The average molecular weight is 458 g/mol. The lowest BCUT2D eigenvalue weighted by atomic mass is 9.95. The van der Waals surface area contributed by atoms with Gasteiger partial charge in [-0.15, -0.1) is 0 Å². The maximum atomic E-state index is 13.2. The monoisotopic (exact) mass is 457 g/mol. The Balaban J connectivity index is 1.08. The Labute approximate surface area is 200 Å². The van der Waals surface area contributed by atoms with Crippen molar-refractivity contribution in [3.05, 3.63) is 73.1 Å². The van der Waals surface area contributed by atoms with Gasteiger partial charge in [0.05, 0.1) is 0 Å². The molecule has 2 aromatic heterocycles. The molecule has 0 atom stereocenters. The summed E-state index contributed by atoms with van der Waals surface area (Å²) in [6.07, 6.45) is 13.0. The highest BCUT2D eigenvalue weighted by atomic mass is 16.2. The number of piperazine rings is 1. The van der Waals surface area contributed by atoms with Crippen molar-refractivity contribution in [2.24, 2.45) is 5.92 Å². The van der Waals surface area contributed by atoms with Crippen molar-refractivity contribution in [1.29, 1.82) is 0 Å². The number of benzene rings is 1. The molecule has 2 aliphatic rings. The highest BCUT2D eigenvalue weighted by Crippen LogP contribution is 2.24. The van der Waals surface area contributed by atoms with Crippen LogP contribution in [0.3, 0.4) is 0 Å². The number of hydrogen-bond donors (Lipinski definition) is 0. The predicted octanol–water partition coefficient (Wildman–Crippen LogP) is 2.74. The van der Waals surface area contributed by atoms with E-state index in [1.165, 1.54) is 5.56 Å². The van der Waals surface area contributed by atoms with Gasteiger partial charge < -0.3 is 9.80 Å². The van der Waals surface area contributed by atoms with Crippen molar-refractivity contribution in [1.82, 2.24) is 29.3 Å². The highest BCUT2D eigenvalue weighted by Gasteiger charge is 2.30. The molecule has 0 bridgehead atoms. The minimum absolute atomic E-state index is 0.107. The summed E-state index contributed by atoms with van der Waals surface area (Å²) in [6, 6.07) is 12.4. The van der Waals surface area contributed by atoms with Gasteiger partial charge in [0.1, 0.15) is 24.3 Å². The normalized spacial score (nSPS) is 18.0. The van der Waals surface area contributed by atoms with Crippen molar-refractivity contribution >= 4 is 17.8 Å².